The molecule has 3 aliphatic carbocycles. The molecule has 0 saturated heterocycles. The number of ketones is 1. The Morgan fingerprint density at radius 3 is 2.93 bits per heavy atom. The molecule has 0 aromatic carbocycles. The lowest BCUT2D eigenvalue weighted by molar-refractivity contribution is -0.124. The molecule has 1 spiro atoms. The zero-order chi connectivity index (χ0) is 9.92. The zero-order valence-electron chi connectivity index (χ0n) is 8.88. The fourth-order valence-electron chi connectivity index (χ4n) is 4.32. The van der Waals surface area contributed by atoms with Gasteiger partial charge in [0, 0.05) is 5.92 Å². The lowest BCUT2D eigenvalue weighted by atomic mass is 9.64. The van der Waals surface area contributed by atoms with Gasteiger partial charge in [0.05, 0.1) is 0 Å². The van der Waals surface area contributed by atoms with Crippen LogP contribution in [-0.4, -0.2) is 5.78 Å². The smallest absolute Gasteiger partial charge is 0.162 e. The fraction of sp³-hybridized carbons (Fsp3) is 0.769. The van der Waals surface area contributed by atoms with Crippen molar-refractivity contribution in [3.05, 3.63) is 12.2 Å². The van der Waals surface area contributed by atoms with E-state index >= 15 is 0 Å². The molecule has 14 heavy (non-hydrogen) atoms. The van der Waals surface area contributed by atoms with Crippen molar-refractivity contribution in [3.8, 4) is 0 Å². The minimum absolute atomic E-state index is 0.351. The Kier molecular flexibility index (Phi) is 1.55. The molecule has 0 aromatic heterocycles. The van der Waals surface area contributed by atoms with Crippen LogP contribution in [0.25, 0.3) is 0 Å². The summed E-state index contributed by atoms with van der Waals surface area (Å²) in [5, 5.41) is 0. The van der Waals surface area contributed by atoms with Crippen LogP contribution in [0.2, 0.25) is 0 Å². The molecule has 3 rings (SSSR count). The minimum Gasteiger partial charge on any atom is -0.294 e. The summed E-state index contributed by atoms with van der Waals surface area (Å²) in [6.07, 6.45) is 6.17. The fourth-order valence-corrected chi connectivity index (χ4v) is 4.32. The number of rotatable bonds is 0. The second-order valence-electron chi connectivity index (χ2n) is 5.59. The van der Waals surface area contributed by atoms with E-state index in [1.54, 1.807) is 0 Å². The average Bonchev–Trinajstić information content (AvgIpc) is 2.71. The average molecular weight is 190 g/mol. The van der Waals surface area contributed by atoms with Gasteiger partial charge >= 0.3 is 0 Å². The zero-order valence-corrected chi connectivity index (χ0v) is 8.88. The molecule has 3 aliphatic rings. The van der Waals surface area contributed by atoms with Gasteiger partial charge in [-0.15, -0.1) is 0 Å². The number of hydrogen-bond acceptors (Lipinski definition) is 1. The molecule has 4 atom stereocenters. The van der Waals surface area contributed by atoms with E-state index in [0.717, 1.165) is 17.9 Å². The Balaban J connectivity index is 2.07. The van der Waals surface area contributed by atoms with Crippen LogP contribution < -0.4 is 0 Å². The van der Waals surface area contributed by atoms with Gasteiger partial charge in [0.15, 0.2) is 5.78 Å². The maximum absolute atomic E-state index is 12.1. The van der Waals surface area contributed by atoms with Gasteiger partial charge in [0.2, 0.25) is 0 Å². The summed E-state index contributed by atoms with van der Waals surface area (Å²) >= 11 is 0. The summed E-state index contributed by atoms with van der Waals surface area (Å²) in [6, 6.07) is 0. The van der Waals surface area contributed by atoms with Gasteiger partial charge in [0.1, 0.15) is 0 Å². The molecule has 3 fully saturated rings. The van der Waals surface area contributed by atoms with E-state index in [4.69, 9.17) is 0 Å². The first-order valence-electron chi connectivity index (χ1n) is 5.88. The third kappa shape index (κ3) is 0.796. The first-order valence-corrected chi connectivity index (χ1v) is 5.88. The summed E-state index contributed by atoms with van der Waals surface area (Å²) in [6.45, 7) is 6.36. The summed E-state index contributed by atoms with van der Waals surface area (Å²) in [4.78, 5) is 12.1. The van der Waals surface area contributed by atoms with Gasteiger partial charge in [-0.05, 0) is 54.9 Å². The van der Waals surface area contributed by atoms with Crippen LogP contribution in [0.5, 0.6) is 0 Å². The molecular formula is C13H18O. The highest BCUT2D eigenvalue weighted by atomic mass is 16.1. The van der Waals surface area contributed by atoms with Crippen molar-refractivity contribution in [1.29, 1.82) is 0 Å². The molecule has 1 heteroatoms. The minimum atomic E-state index is 0.351. The third-order valence-corrected chi connectivity index (χ3v) is 5.27. The Labute approximate surface area is 85.6 Å². The predicted molar refractivity (Wildman–Crippen MR) is 55.8 cm³/mol. The summed E-state index contributed by atoms with van der Waals surface area (Å²) in [5.41, 5.74) is 1.36. The molecule has 0 heterocycles. The van der Waals surface area contributed by atoms with E-state index in [2.05, 4.69) is 13.5 Å². The molecule has 0 aromatic rings. The van der Waals surface area contributed by atoms with Gasteiger partial charge in [0.25, 0.3) is 0 Å². The van der Waals surface area contributed by atoms with Gasteiger partial charge in [-0.25, -0.2) is 0 Å². The Morgan fingerprint density at radius 2 is 2.14 bits per heavy atom. The quantitative estimate of drug-likeness (QED) is 0.537. The summed E-state index contributed by atoms with van der Waals surface area (Å²) < 4.78 is 0. The monoisotopic (exact) mass is 190 g/mol. The van der Waals surface area contributed by atoms with E-state index in [1.165, 1.54) is 25.7 Å². The molecule has 76 valence electrons. The highest BCUT2D eigenvalue weighted by Crippen LogP contribution is 2.63. The van der Waals surface area contributed by atoms with Crippen molar-refractivity contribution in [2.24, 2.45) is 23.2 Å². The molecule has 3 saturated carbocycles. The predicted octanol–water partition coefficient (Wildman–Crippen LogP) is 2.96. The van der Waals surface area contributed by atoms with E-state index in [1.807, 2.05) is 0 Å². The molecule has 1 nitrogen and oxygen atoms in total. The SMILES string of the molecule is C=C1C(=O)C2CC[C@H](C)[C@@]23CC[C@@H]1C3. The summed E-state index contributed by atoms with van der Waals surface area (Å²) in [7, 11) is 0. The number of carbonyl (C=O) groups excluding carboxylic acids is 1. The molecule has 0 aliphatic heterocycles. The van der Waals surface area contributed by atoms with Gasteiger partial charge in [-0.1, -0.05) is 13.5 Å². The van der Waals surface area contributed by atoms with Crippen LogP contribution in [0.3, 0.4) is 0 Å². The highest BCUT2D eigenvalue weighted by molar-refractivity contribution is 5.99. The lowest BCUT2D eigenvalue weighted by Gasteiger charge is -2.38. The van der Waals surface area contributed by atoms with Crippen molar-refractivity contribution < 1.29 is 4.79 Å². The van der Waals surface area contributed by atoms with Gasteiger partial charge in [-0.3, -0.25) is 4.79 Å². The van der Waals surface area contributed by atoms with Crippen molar-refractivity contribution in [2.75, 3.05) is 0 Å². The van der Waals surface area contributed by atoms with Crippen LogP contribution in [0.1, 0.15) is 39.0 Å². The molecule has 0 amide bonds. The number of allylic oxidation sites excluding steroid dienone is 1. The normalized spacial score (nSPS) is 51.1. The second kappa shape index (κ2) is 2.50. The Hall–Kier alpha value is -0.590. The van der Waals surface area contributed by atoms with Crippen LogP contribution in [-0.2, 0) is 4.79 Å². The maximum atomic E-state index is 12.1. The standard InChI is InChI=1S/C13H18O/c1-8-3-4-11-12(14)9(2)10-5-6-13(8,11)7-10/h8,10-11H,2-7H2,1H3/t8-,10+,11?,13-/m0/s1. The second-order valence-corrected chi connectivity index (χ2v) is 5.59. The van der Waals surface area contributed by atoms with Crippen molar-refractivity contribution in [3.63, 3.8) is 0 Å². The first kappa shape index (κ1) is 8.70. The number of hydrogen-bond donors (Lipinski definition) is 0. The van der Waals surface area contributed by atoms with E-state index in [-0.39, 0.29) is 0 Å². The van der Waals surface area contributed by atoms with Crippen molar-refractivity contribution in [2.45, 2.75) is 39.0 Å². The van der Waals surface area contributed by atoms with E-state index in [9.17, 15) is 4.79 Å². The third-order valence-electron chi connectivity index (χ3n) is 5.27. The van der Waals surface area contributed by atoms with Crippen molar-refractivity contribution >= 4 is 5.78 Å². The number of fused-ring (bicyclic) bond motifs is 1. The summed E-state index contributed by atoms with van der Waals surface area (Å²) in [5.74, 6) is 2.08. The van der Waals surface area contributed by atoms with E-state index < -0.39 is 0 Å². The molecule has 1 unspecified atom stereocenters. The largest absolute Gasteiger partial charge is 0.294 e. The van der Waals surface area contributed by atoms with Crippen LogP contribution in [0, 0.1) is 23.2 Å². The number of Topliss-reactive ketones (excluding diaryl/α,β-unsaturated/α-hetero) is 1. The first-order chi connectivity index (χ1) is 6.65. The van der Waals surface area contributed by atoms with Crippen LogP contribution in [0.15, 0.2) is 12.2 Å². The molecule has 0 radical (unpaired) electrons. The van der Waals surface area contributed by atoms with Gasteiger partial charge < -0.3 is 0 Å². The lowest BCUT2D eigenvalue weighted by Crippen LogP contribution is -2.38. The van der Waals surface area contributed by atoms with Crippen LogP contribution >= 0.6 is 0 Å². The van der Waals surface area contributed by atoms with E-state index in [0.29, 0.717) is 23.0 Å². The van der Waals surface area contributed by atoms with Crippen LogP contribution in [0.4, 0.5) is 0 Å². The molecular weight excluding hydrogens is 172 g/mol. The Bertz CT molecular complexity index is 317. The molecule has 0 N–H and O–H groups in total. The number of carbonyl (C=O) groups is 1. The Morgan fingerprint density at radius 1 is 1.36 bits per heavy atom. The maximum Gasteiger partial charge on any atom is 0.162 e. The molecule has 2 bridgehead atoms. The van der Waals surface area contributed by atoms with Crippen molar-refractivity contribution in [1.82, 2.24) is 0 Å². The topological polar surface area (TPSA) is 17.1 Å². The highest BCUT2D eigenvalue weighted by Gasteiger charge is 2.58. The van der Waals surface area contributed by atoms with Gasteiger partial charge in [-0.2, -0.15) is 0 Å².